The van der Waals surface area contributed by atoms with Gasteiger partial charge in [-0.1, -0.05) is 49.4 Å². The summed E-state index contributed by atoms with van der Waals surface area (Å²) in [6.45, 7) is 2.26. The third-order valence-electron chi connectivity index (χ3n) is 4.44. The summed E-state index contributed by atoms with van der Waals surface area (Å²) in [6, 6.07) is 19.4. The number of nitrogens with zero attached hydrogens (tertiary/aromatic N) is 2. The highest BCUT2D eigenvalue weighted by Crippen LogP contribution is 2.49. The zero-order valence-electron chi connectivity index (χ0n) is 11.8. The third kappa shape index (κ3) is 1.49. The summed E-state index contributed by atoms with van der Waals surface area (Å²) in [7, 11) is 4.39. The molecule has 2 nitrogen and oxygen atoms in total. The molecule has 0 spiro atoms. The Hall–Kier alpha value is -1.96. The van der Waals surface area contributed by atoms with Gasteiger partial charge in [-0.25, -0.2) is 0 Å². The predicted octanol–water partition coefficient (Wildman–Crippen LogP) is 3.84. The molecule has 98 valence electrons. The van der Waals surface area contributed by atoms with E-state index in [0.717, 1.165) is 6.42 Å². The van der Waals surface area contributed by atoms with Gasteiger partial charge in [0.2, 0.25) is 0 Å². The summed E-state index contributed by atoms with van der Waals surface area (Å²) in [5.41, 5.74) is 3.87. The molecule has 3 rings (SSSR count). The Bertz CT molecular complexity index is 548. The summed E-state index contributed by atoms with van der Waals surface area (Å²) in [5, 5.41) is 0. The van der Waals surface area contributed by atoms with Gasteiger partial charge in [0.25, 0.3) is 0 Å². The normalized spacial score (nSPS) is 16.6. The molecule has 0 amide bonds. The monoisotopic (exact) mass is 252 g/mol. The maximum atomic E-state index is 2.40. The molecule has 2 heteroatoms. The molecule has 0 saturated carbocycles. The number of anilines is 2. The average Bonchev–Trinajstić information content (AvgIpc) is 2.70. The van der Waals surface area contributed by atoms with Crippen LogP contribution in [0.3, 0.4) is 0 Å². The van der Waals surface area contributed by atoms with Gasteiger partial charge in [0, 0.05) is 14.1 Å². The lowest BCUT2D eigenvalue weighted by Gasteiger charge is -2.43. The molecule has 0 aliphatic carbocycles. The molecule has 0 atom stereocenters. The van der Waals surface area contributed by atoms with E-state index in [9.17, 15) is 0 Å². The van der Waals surface area contributed by atoms with Crippen LogP contribution in [-0.2, 0) is 5.66 Å². The Morgan fingerprint density at radius 1 is 0.789 bits per heavy atom. The van der Waals surface area contributed by atoms with Gasteiger partial charge < -0.3 is 9.80 Å². The summed E-state index contributed by atoms with van der Waals surface area (Å²) in [4.78, 5) is 4.80. The highest BCUT2D eigenvalue weighted by atomic mass is 15.4. The van der Waals surface area contributed by atoms with Gasteiger partial charge in [0.1, 0.15) is 5.66 Å². The molecule has 0 bridgehead atoms. The fourth-order valence-corrected chi connectivity index (χ4v) is 3.43. The molecular formula is C17H20N2. The minimum absolute atomic E-state index is 0.0784. The second-order valence-electron chi connectivity index (χ2n) is 5.14. The quantitative estimate of drug-likeness (QED) is 0.801. The van der Waals surface area contributed by atoms with Crippen molar-refractivity contribution in [2.75, 3.05) is 23.9 Å². The van der Waals surface area contributed by atoms with Crippen LogP contribution in [0.1, 0.15) is 18.9 Å². The molecular weight excluding hydrogens is 232 g/mol. The van der Waals surface area contributed by atoms with E-state index in [4.69, 9.17) is 0 Å². The first kappa shape index (κ1) is 12.1. The van der Waals surface area contributed by atoms with Crippen molar-refractivity contribution in [3.05, 3.63) is 60.2 Å². The fraction of sp³-hybridized carbons (Fsp3) is 0.294. The molecule has 19 heavy (non-hydrogen) atoms. The van der Waals surface area contributed by atoms with Crippen molar-refractivity contribution in [1.29, 1.82) is 0 Å². The van der Waals surface area contributed by atoms with Gasteiger partial charge >= 0.3 is 0 Å². The number of hydrogen-bond donors (Lipinski definition) is 0. The van der Waals surface area contributed by atoms with Crippen molar-refractivity contribution in [1.82, 2.24) is 0 Å². The highest BCUT2D eigenvalue weighted by molar-refractivity contribution is 5.79. The number of para-hydroxylation sites is 2. The predicted molar refractivity (Wildman–Crippen MR) is 81.7 cm³/mol. The number of rotatable bonds is 2. The SMILES string of the molecule is CCC1(c2ccccc2)N(C)c2ccccc2N1C. The molecule has 1 aliphatic heterocycles. The van der Waals surface area contributed by atoms with Crippen LogP contribution in [-0.4, -0.2) is 14.1 Å². The Kier molecular flexibility index (Phi) is 2.74. The minimum Gasteiger partial charge on any atom is -0.346 e. The molecule has 0 unspecified atom stereocenters. The Balaban J connectivity index is 2.20. The van der Waals surface area contributed by atoms with Crippen molar-refractivity contribution in [3.63, 3.8) is 0 Å². The van der Waals surface area contributed by atoms with Crippen molar-refractivity contribution in [2.45, 2.75) is 19.0 Å². The van der Waals surface area contributed by atoms with Gasteiger partial charge in [-0.3, -0.25) is 0 Å². The van der Waals surface area contributed by atoms with E-state index in [-0.39, 0.29) is 5.66 Å². The summed E-state index contributed by atoms with van der Waals surface area (Å²) in [6.07, 6.45) is 1.04. The fourth-order valence-electron chi connectivity index (χ4n) is 3.43. The van der Waals surface area contributed by atoms with Gasteiger partial charge in [-0.15, -0.1) is 0 Å². The minimum atomic E-state index is -0.0784. The van der Waals surface area contributed by atoms with E-state index >= 15 is 0 Å². The first-order valence-corrected chi connectivity index (χ1v) is 6.84. The van der Waals surface area contributed by atoms with Crippen LogP contribution in [0.4, 0.5) is 11.4 Å². The first-order valence-electron chi connectivity index (χ1n) is 6.84. The van der Waals surface area contributed by atoms with Crippen LogP contribution in [0.5, 0.6) is 0 Å². The average molecular weight is 252 g/mol. The van der Waals surface area contributed by atoms with Crippen LogP contribution in [0.2, 0.25) is 0 Å². The molecule has 0 N–H and O–H groups in total. The van der Waals surface area contributed by atoms with Crippen LogP contribution in [0, 0.1) is 0 Å². The smallest absolute Gasteiger partial charge is 0.139 e. The summed E-state index contributed by atoms with van der Waals surface area (Å²) < 4.78 is 0. The lowest BCUT2D eigenvalue weighted by Crippen LogP contribution is -2.51. The molecule has 0 radical (unpaired) electrons. The van der Waals surface area contributed by atoms with Crippen molar-refractivity contribution in [3.8, 4) is 0 Å². The molecule has 0 aromatic heterocycles. The topological polar surface area (TPSA) is 6.48 Å². The largest absolute Gasteiger partial charge is 0.346 e. The zero-order valence-corrected chi connectivity index (χ0v) is 11.8. The lowest BCUT2D eigenvalue weighted by molar-refractivity contribution is 0.418. The van der Waals surface area contributed by atoms with E-state index in [0.29, 0.717) is 0 Å². The summed E-state index contributed by atoms with van der Waals surface area (Å²) in [5.74, 6) is 0. The Morgan fingerprint density at radius 3 is 1.74 bits per heavy atom. The zero-order chi connectivity index (χ0) is 13.5. The van der Waals surface area contributed by atoms with Gasteiger partial charge in [0.15, 0.2) is 0 Å². The molecule has 2 aromatic rings. The Morgan fingerprint density at radius 2 is 1.26 bits per heavy atom. The van der Waals surface area contributed by atoms with E-state index in [2.05, 4.69) is 85.4 Å². The van der Waals surface area contributed by atoms with Crippen molar-refractivity contribution < 1.29 is 0 Å². The second kappa shape index (κ2) is 4.30. The number of fused-ring (bicyclic) bond motifs is 1. The first-order chi connectivity index (χ1) is 9.21. The third-order valence-corrected chi connectivity index (χ3v) is 4.44. The lowest BCUT2D eigenvalue weighted by atomic mass is 9.94. The van der Waals surface area contributed by atoms with Crippen LogP contribution in [0.25, 0.3) is 0 Å². The maximum absolute atomic E-state index is 2.40. The van der Waals surface area contributed by atoms with Crippen LogP contribution >= 0.6 is 0 Å². The molecule has 1 aliphatic rings. The van der Waals surface area contributed by atoms with E-state index in [1.54, 1.807) is 0 Å². The second-order valence-corrected chi connectivity index (χ2v) is 5.14. The number of benzene rings is 2. The highest BCUT2D eigenvalue weighted by Gasteiger charge is 2.45. The standard InChI is InChI=1S/C17H20N2/c1-4-17(14-10-6-5-7-11-14)18(2)15-12-8-9-13-16(15)19(17)3/h5-13H,4H2,1-3H3. The molecule has 0 saturated heterocycles. The van der Waals surface area contributed by atoms with Crippen molar-refractivity contribution >= 4 is 11.4 Å². The van der Waals surface area contributed by atoms with Gasteiger partial charge in [0.05, 0.1) is 11.4 Å². The van der Waals surface area contributed by atoms with Crippen LogP contribution in [0.15, 0.2) is 54.6 Å². The molecule has 0 fully saturated rings. The van der Waals surface area contributed by atoms with E-state index < -0.39 is 0 Å². The van der Waals surface area contributed by atoms with Gasteiger partial charge in [-0.05, 0) is 24.1 Å². The summed E-state index contributed by atoms with van der Waals surface area (Å²) >= 11 is 0. The van der Waals surface area contributed by atoms with Crippen LogP contribution < -0.4 is 9.80 Å². The Labute approximate surface area is 115 Å². The molecule has 2 aromatic carbocycles. The van der Waals surface area contributed by atoms with Gasteiger partial charge in [-0.2, -0.15) is 0 Å². The number of hydrogen-bond acceptors (Lipinski definition) is 2. The van der Waals surface area contributed by atoms with E-state index in [1.165, 1.54) is 16.9 Å². The maximum Gasteiger partial charge on any atom is 0.139 e. The van der Waals surface area contributed by atoms with Crippen molar-refractivity contribution in [2.24, 2.45) is 0 Å². The molecule has 1 heterocycles. The van der Waals surface area contributed by atoms with E-state index in [1.807, 2.05) is 0 Å².